The van der Waals surface area contributed by atoms with Crippen LogP contribution in [-0.2, 0) is 6.54 Å². The molecule has 1 aliphatic heterocycles. The maximum atomic E-state index is 12.8. The normalized spacial score (nSPS) is 19.6. The van der Waals surface area contributed by atoms with Gasteiger partial charge in [0, 0.05) is 43.8 Å². The molecule has 27 heavy (non-hydrogen) atoms. The summed E-state index contributed by atoms with van der Waals surface area (Å²) in [5.41, 5.74) is 1.08. The average molecular weight is 387 g/mol. The van der Waals surface area contributed by atoms with Crippen LogP contribution in [0.1, 0.15) is 36.1 Å². The molecule has 4 rings (SSSR count). The number of pyridine rings is 1. The summed E-state index contributed by atoms with van der Waals surface area (Å²) >= 11 is 6.18. The first-order valence-corrected chi connectivity index (χ1v) is 9.20. The van der Waals surface area contributed by atoms with Crippen LogP contribution in [0.15, 0.2) is 35.2 Å². The number of carbonyl (C=O) groups is 1. The topological polar surface area (TPSA) is 89.9 Å². The molecule has 4 heterocycles. The molecule has 0 aliphatic carbocycles. The molecule has 0 saturated carbocycles. The van der Waals surface area contributed by atoms with Crippen molar-refractivity contribution in [1.82, 2.24) is 29.8 Å². The number of amides is 1. The first kappa shape index (κ1) is 17.7. The van der Waals surface area contributed by atoms with E-state index in [1.54, 1.807) is 28.2 Å². The number of aryl methyl sites for hydroxylation is 1. The molecule has 3 aromatic rings. The number of halogens is 1. The van der Waals surface area contributed by atoms with E-state index in [-0.39, 0.29) is 23.4 Å². The monoisotopic (exact) mass is 386 g/mol. The molecule has 9 heteroatoms. The highest BCUT2D eigenvalue weighted by molar-refractivity contribution is 6.33. The Morgan fingerprint density at radius 1 is 1.41 bits per heavy atom. The molecule has 8 nitrogen and oxygen atoms in total. The molecule has 1 amide bonds. The van der Waals surface area contributed by atoms with Gasteiger partial charge in [-0.25, -0.2) is 0 Å². The van der Waals surface area contributed by atoms with E-state index < -0.39 is 0 Å². The van der Waals surface area contributed by atoms with Gasteiger partial charge in [-0.15, -0.1) is 0 Å². The maximum absolute atomic E-state index is 12.8. The van der Waals surface area contributed by atoms with Crippen LogP contribution in [-0.4, -0.2) is 48.8 Å². The number of hydrogen-bond donors (Lipinski definition) is 0. The number of hydrogen-bond acceptors (Lipinski definition) is 6. The Bertz CT molecular complexity index is 954. The molecule has 0 N–H and O–H groups in total. The quantitative estimate of drug-likeness (QED) is 0.684. The molecular formula is C18H19ClN6O2. The summed E-state index contributed by atoms with van der Waals surface area (Å²) < 4.78 is 7.14. The van der Waals surface area contributed by atoms with Gasteiger partial charge in [-0.1, -0.05) is 23.7 Å². The predicted molar refractivity (Wildman–Crippen MR) is 98.2 cm³/mol. The second-order valence-electron chi connectivity index (χ2n) is 6.67. The summed E-state index contributed by atoms with van der Waals surface area (Å²) in [5.74, 6) is 1.01. The van der Waals surface area contributed by atoms with Gasteiger partial charge in [-0.3, -0.25) is 14.5 Å². The Morgan fingerprint density at radius 3 is 2.96 bits per heavy atom. The number of likely N-dealkylation sites (tertiary alicyclic amines) is 1. The summed E-state index contributed by atoms with van der Waals surface area (Å²) in [7, 11) is 0. The zero-order valence-electron chi connectivity index (χ0n) is 15.0. The summed E-state index contributed by atoms with van der Waals surface area (Å²) in [6.07, 6.45) is 5.05. The lowest BCUT2D eigenvalue weighted by Crippen LogP contribution is -2.29. The van der Waals surface area contributed by atoms with Crippen molar-refractivity contribution in [2.24, 2.45) is 5.92 Å². The Hall–Kier alpha value is -2.74. The molecule has 140 valence electrons. The van der Waals surface area contributed by atoms with Crippen LogP contribution in [0.4, 0.5) is 0 Å². The van der Waals surface area contributed by atoms with E-state index in [9.17, 15) is 4.79 Å². The Labute approximate surface area is 161 Å². The second kappa shape index (κ2) is 7.11. The zero-order valence-corrected chi connectivity index (χ0v) is 15.8. The van der Waals surface area contributed by atoms with Gasteiger partial charge in [0.1, 0.15) is 0 Å². The van der Waals surface area contributed by atoms with Crippen LogP contribution in [0.5, 0.6) is 0 Å². The van der Waals surface area contributed by atoms with Crippen LogP contribution in [0, 0.1) is 5.92 Å². The third-order valence-corrected chi connectivity index (χ3v) is 5.10. The molecule has 2 atom stereocenters. The first-order chi connectivity index (χ1) is 13.1. The highest BCUT2D eigenvalue weighted by Gasteiger charge is 2.38. The number of rotatable bonds is 4. The highest BCUT2D eigenvalue weighted by atomic mass is 35.5. The van der Waals surface area contributed by atoms with Crippen molar-refractivity contribution in [3.05, 3.63) is 47.3 Å². The van der Waals surface area contributed by atoms with Crippen LogP contribution in [0.25, 0.3) is 11.4 Å². The van der Waals surface area contributed by atoms with Gasteiger partial charge in [0.05, 0.1) is 10.9 Å². The van der Waals surface area contributed by atoms with Crippen molar-refractivity contribution in [3.8, 4) is 11.4 Å². The molecular weight excluding hydrogens is 368 g/mol. The van der Waals surface area contributed by atoms with Crippen molar-refractivity contribution in [2.75, 3.05) is 13.1 Å². The SMILES string of the molecule is CCn1cc(Cl)c(C(=O)N2C[C@H](c3nc(-c4cccnc4)no3)[C@@H](C)C2)n1. The van der Waals surface area contributed by atoms with Gasteiger partial charge in [-0.05, 0) is 25.0 Å². The van der Waals surface area contributed by atoms with Gasteiger partial charge in [0.25, 0.3) is 5.91 Å². The minimum absolute atomic E-state index is 0.0288. The first-order valence-electron chi connectivity index (χ1n) is 8.83. The number of carbonyl (C=O) groups excluding carboxylic acids is 1. The molecule has 1 aliphatic rings. The largest absolute Gasteiger partial charge is 0.339 e. The maximum Gasteiger partial charge on any atom is 0.275 e. The highest BCUT2D eigenvalue weighted by Crippen LogP contribution is 2.33. The Kier molecular flexibility index (Phi) is 4.65. The molecule has 0 spiro atoms. The van der Waals surface area contributed by atoms with Gasteiger partial charge in [-0.2, -0.15) is 10.1 Å². The van der Waals surface area contributed by atoms with E-state index in [0.717, 1.165) is 5.56 Å². The third-order valence-electron chi connectivity index (χ3n) is 4.82. The van der Waals surface area contributed by atoms with Crippen molar-refractivity contribution in [3.63, 3.8) is 0 Å². The van der Waals surface area contributed by atoms with Crippen LogP contribution in [0.3, 0.4) is 0 Å². The molecule has 0 unspecified atom stereocenters. The van der Waals surface area contributed by atoms with E-state index in [0.29, 0.717) is 36.4 Å². The average Bonchev–Trinajstić information content (AvgIpc) is 3.40. The standard InChI is InChI=1S/C18H19ClN6O2/c1-3-25-10-14(19)15(22-25)18(26)24-8-11(2)13(9-24)17-21-16(23-27-17)12-5-4-6-20-7-12/h4-7,10-11,13H,3,8-9H2,1-2H3/t11-,13-/m0/s1. The summed E-state index contributed by atoms with van der Waals surface area (Å²) in [5, 5.41) is 8.70. The lowest BCUT2D eigenvalue weighted by atomic mass is 9.98. The fourth-order valence-electron chi connectivity index (χ4n) is 3.31. The van der Waals surface area contributed by atoms with Crippen LogP contribution < -0.4 is 0 Å². The fraction of sp³-hybridized carbons (Fsp3) is 0.389. The molecule has 0 aromatic carbocycles. The molecule has 0 bridgehead atoms. The second-order valence-corrected chi connectivity index (χ2v) is 7.08. The van der Waals surface area contributed by atoms with E-state index in [2.05, 4.69) is 27.1 Å². The van der Waals surface area contributed by atoms with Crippen molar-refractivity contribution in [2.45, 2.75) is 26.3 Å². The van der Waals surface area contributed by atoms with E-state index in [1.165, 1.54) is 0 Å². The number of nitrogens with zero attached hydrogens (tertiary/aromatic N) is 6. The van der Waals surface area contributed by atoms with Crippen molar-refractivity contribution < 1.29 is 9.32 Å². The van der Waals surface area contributed by atoms with E-state index >= 15 is 0 Å². The minimum atomic E-state index is -0.173. The van der Waals surface area contributed by atoms with Gasteiger partial charge in [0.15, 0.2) is 5.69 Å². The van der Waals surface area contributed by atoms with E-state index in [1.807, 2.05) is 19.1 Å². The lowest BCUT2D eigenvalue weighted by molar-refractivity contribution is 0.0779. The summed E-state index contributed by atoms with van der Waals surface area (Å²) in [6, 6.07) is 3.70. The Balaban J connectivity index is 1.52. The van der Waals surface area contributed by atoms with Crippen LogP contribution in [0.2, 0.25) is 5.02 Å². The third kappa shape index (κ3) is 3.32. The number of aromatic nitrogens is 5. The Morgan fingerprint density at radius 2 is 2.26 bits per heavy atom. The van der Waals surface area contributed by atoms with Gasteiger partial charge in [0.2, 0.25) is 11.7 Å². The van der Waals surface area contributed by atoms with Crippen LogP contribution >= 0.6 is 11.6 Å². The smallest absolute Gasteiger partial charge is 0.275 e. The zero-order chi connectivity index (χ0) is 19.0. The van der Waals surface area contributed by atoms with Crippen molar-refractivity contribution >= 4 is 17.5 Å². The molecule has 3 aromatic heterocycles. The van der Waals surface area contributed by atoms with Gasteiger partial charge < -0.3 is 9.42 Å². The summed E-state index contributed by atoms with van der Waals surface area (Å²) in [6.45, 7) is 5.75. The lowest BCUT2D eigenvalue weighted by Gasteiger charge is -2.14. The minimum Gasteiger partial charge on any atom is -0.339 e. The fourth-order valence-corrected chi connectivity index (χ4v) is 3.54. The van der Waals surface area contributed by atoms with Gasteiger partial charge >= 0.3 is 0 Å². The predicted octanol–water partition coefficient (Wildman–Crippen LogP) is 2.88. The summed E-state index contributed by atoms with van der Waals surface area (Å²) in [4.78, 5) is 23.2. The van der Waals surface area contributed by atoms with Crippen molar-refractivity contribution in [1.29, 1.82) is 0 Å². The molecule has 1 saturated heterocycles. The molecule has 1 fully saturated rings. The van der Waals surface area contributed by atoms with E-state index in [4.69, 9.17) is 16.1 Å². The molecule has 0 radical (unpaired) electrons.